The minimum atomic E-state index is -3.49. The SMILES string of the molecule is CCNc1ncc(S(=O)(=O)N(C)C2CCC2)cc1Cl. The smallest absolute Gasteiger partial charge is 0.244 e. The Morgan fingerprint density at radius 3 is 2.68 bits per heavy atom. The molecule has 0 radical (unpaired) electrons. The first-order chi connectivity index (χ1) is 8.96. The third-order valence-electron chi connectivity index (χ3n) is 3.43. The summed E-state index contributed by atoms with van der Waals surface area (Å²) in [5, 5.41) is 3.30. The zero-order chi connectivity index (χ0) is 14.0. The van der Waals surface area contributed by atoms with Gasteiger partial charge in [0.15, 0.2) is 0 Å². The van der Waals surface area contributed by atoms with Gasteiger partial charge in [0, 0.05) is 25.8 Å². The van der Waals surface area contributed by atoms with Crippen LogP contribution in [0, 0.1) is 0 Å². The van der Waals surface area contributed by atoms with Gasteiger partial charge in [-0.15, -0.1) is 0 Å². The molecule has 1 aromatic heterocycles. The van der Waals surface area contributed by atoms with E-state index < -0.39 is 10.0 Å². The fourth-order valence-corrected chi connectivity index (χ4v) is 3.66. The fraction of sp³-hybridized carbons (Fsp3) is 0.583. The maximum absolute atomic E-state index is 12.4. The van der Waals surface area contributed by atoms with Crippen molar-refractivity contribution in [2.75, 3.05) is 18.9 Å². The lowest BCUT2D eigenvalue weighted by molar-refractivity contribution is 0.249. The molecule has 1 aromatic rings. The van der Waals surface area contributed by atoms with Crippen LogP contribution in [0.2, 0.25) is 5.02 Å². The van der Waals surface area contributed by atoms with E-state index >= 15 is 0 Å². The highest BCUT2D eigenvalue weighted by Crippen LogP contribution is 2.30. The van der Waals surface area contributed by atoms with Crippen LogP contribution in [0.15, 0.2) is 17.2 Å². The van der Waals surface area contributed by atoms with Crippen molar-refractivity contribution in [3.63, 3.8) is 0 Å². The van der Waals surface area contributed by atoms with Gasteiger partial charge in [0.05, 0.1) is 5.02 Å². The van der Waals surface area contributed by atoms with Crippen molar-refractivity contribution < 1.29 is 8.42 Å². The van der Waals surface area contributed by atoms with E-state index in [1.54, 1.807) is 7.05 Å². The van der Waals surface area contributed by atoms with Gasteiger partial charge in [0.1, 0.15) is 10.7 Å². The van der Waals surface area contributed by atoms with Crippen molar-refractivity contribution in [1.29, 1.82) is 0 Å². The Kier molecular flexibility index (Phi) is 4.32. The maximum Gasteiger partial charge on any atom is 0.244 e. The molecule has 0 atom stereocenters. The van der Waals surface area contributed by atoms with Crippen LogP contribution >= 0.6 is 11.6 Å². The molecule has 1 saturated carbocycles. The molecule has 1 aliphatic carbocycles. The van der Waals surface area contributed by atoms with Gasteiger partial charge < -0.3 is 5.32 Å². The van der Waals surface area contributed by atoms with Crippen LogP contribution in [0.4, 0.5) is 5.82 Å². The summed E-state index contributed by atoms with van der Waals surface area (Å²) in [6, 6.07) is 1.56. The number of aromatic nitrogens is 1. The number of rotatable bonds is 5. The summed E-state index contributed by atoms with van der Waals surface area (Å²) in [7, 11) is -1.88. The van der Waals surface area contributed by atoms with E-state index in [0.29, 0.717) is 17.4 Å². The fourth-order valence-electron chi connectivity index (χ4n) is 1.97. The zero-order valence-electron chi connectivity index (χ0n) is 11.1. The van der Waals surface area contributed by atoms with E-state index in [0.717, 1.165) is 19.3 Å². The van der Waals surface area contributed by atoms with Gasteiger partial charge >= 0.3 is 0 Å². The van der Waals surface area contributed by atoms with Crippen molar-refractivity contribution in [3.8, 4) is 0 Å². The summed E-state index contributed by atoms with van der Waals surface area (Å²) >= 11 is 6.04. The summed E-state index contributed by atoms with van der Waals surface area (Å²) in [6.07, 6.45) is 4.29. The normalized spacial score (nSPS) is 16.4. The largest absolute Gasteiger partial charge is 0.369 e. The Labute approximate surface area is 119 Å². The van der Waals surface area contributed by atoms with Crippen LogP contribution in [-0.4, -0.2) is 37.3 Å². The number of nitrogens with zero attached hydrogens (tertiary/aromatic N) is 2. The van der Waals surface area contributed by atoms with Crippen LogP contribution in [0.3, 0.4) is 0 Å². The van der Waals surface area contributed by atoms with Gasteiger partial charge in [-0.3, -0.25) is 0 Å². The highest BCUT2D eigenvalue weighted by atomic mass is 35.5. The monoisotopic (exact) mass is 303 g/mol. The maximum atomic E-state index is 12.4. The van der Waals surface area contributed by atoms with Crippen molar-refractivity contribution in [2.24, 2.45) is 0 Å². The number of hydrogen-bond acceptors (Lipinski definition) is 4. The summed E-state index contributed by atoms with van der Waals surface area (Å²) in [6.45, 7) is 2.60. The molecule has 1 fully saturated rings. The summed E-state index contributed by atoms with van der Waals surface area (Å²) in [4.78, 5) is 4.22. The van der Waals surface area contributed by atoms with Crippen LogP contribution in [0.5, 0.6) is 0 Å². The quantitative estimate of drug-likeness (QED) is 0.907. The zero-order valence-corrected chi connectivity index (χ0v) is 12.6. The Bertz CT molecular complexity index is 558. The number of anilines is 1. The first-order valence-electron chi connectivity index (χ1n) is 6.34. The Balaban J connectivity index is 2.27. The molecule has 0 aliphatic heterocycles. The number of pyridine rings is 1. The average molecular weight is 304 g/mol. The average Bonchev–Trinajstić information content (AvgIpc) is 2.29. The molecule has 1 aliphatic rings. The van der Waals surface area contributed by atoms with Crippen LogP contribution < -0.4 is 5.32 Å². The highest BCUT2D eigenvalue weighted by molar-refractivity contribution is 7.89. The second kappa shape index (κ2) is 5.64. The third kappa shape index (κ3) is 2.85. The molecule has 2 rings (SSSR count). The molecule has 1 heterocycles. The van der Waals surface area contributed by atoms with Gasteiger partial charge in [-0.25, -0.2) is 13.4 Å². The minimum absolute atomic E-state index is 0.109. The molecule has 0 unspecified atom stereocenters. The lowest BCUT2D eigenvalue weighted by Crippen LogP contribution is -2.41. The van der Waals surface area contributed by atoms with Crippen LogP contribution in [-0.2, 0) is 10.0 Å². The van der Waals surface area contributed by atoms with Crippen molar-refractivity contribution in [1.82, 2.24) is 9.29 Å². The first-order valence-corrected chi connectivity index (χ1v) is 8.16. The standard InChI is InChI=1S/C12H18ClN3O2S/c1-3-14-12-11(13)7-10(8-15-12)19(17,18)16(2)9-5-4-6-9/h7-9H,3-6H2,1-2H3,(H,14,15). The van der Waals surface area contributed by atoms with Crippen LogP contribution in [0.1, 0.15) is 26.2 Å². The third-order valence-corrected chi connectivity index (χ3v) is 5.59. The predicted molar refractivity (Wildman–Crippen MR) is 76.0 cm³/mol. The minimum Gasteiger partial charge on any atom is -0.369 e. The predicted octanol–water partition coefficient (Wildman–Crippen LogP) is 2.34. The molecular formula is C12H18ClN3O2S. The molecule has 106 valence electrons. The summed E-state index contributed by atoms with van der Waals surface area (Å²) in [5.41, 5.74) is 0. The molecule has 0 spiro atoms. The van der Waals surface area contributed by atoms with Gasteiger partial charge in [-0.1, -0.05) is 18.0 Å². The Morgan fingerprint density at radius 2 is 2.21 bits per heavy atom. The lowest BCUT2D eigenvalue weighted by Gasteiger charge is -2.33. The van der Waals surface area contributed by atoms with Gasteiger partial charge in [0.25, 0.3) is 0 Å². The Morgan fingerprint density at radius 1 is 1.53 bits per heavy atom. The van der Waals surface area contributed by atoms with E-state index in [4.69, 9.17) is 11.6 Å². The summed E-state index contributed by atoms with van der Waals surface area (Å²) < 4.78 is 26.2. The van der Waals surface area contributed by atoms with E-state index in [1.165, 1.54) is 16.6 Å². The molecule has 5 nitrogen and oxygen atoms in total. The molecule has 0 bridgehead atoms. The van der Waals surface area contributed by atoms with E-state index in [-0.39, 0.29) is 10.9 Å². The van der Waals surface area contributed by atoms with Gasteiger partial charge in [-0.2, -0.15) is 4.31 Å². The number of sulfonamides is 1. The van der Waals surface area contributed by atoms with Crippen molar-refractivity contribution >= 4 is 27.4 Å². The van der Waals surface area contributed by atoms with E-state index in [1.807, 2.05) is 6.92 Å². The molecule has 0 amide bonds. The topological polar surface area (TPSA) is 62.3 Å². The second-order valence-corrected chi connectivity index (χ2v) is 7.04. The number of halogens is 1. The Hall–Kier alpha value is -0.850. The number of nitrogens with one attached hydrogen (secondary N) is 1. The highest BCUT2D eigenvalue weighted by Gasteiger charge is 2.32. The molecule has 0 saturated heterocycles. The number of hydrogen-bond donors (Lipinski definition) is 1. The van der Waals surface area contributed by atoms with Crippen molar-refractivity contribution in [3.05, 3.63) is 17.3 Å². The molecular weight excluding hydrogens is 286 g/mol. The second-order valence-electron chi connectivity index (χ2n) is 4.64. The lowest BCUT2D eigenvalue weighted by atomic mass is 9.94. The first kappa shape index (κ1) is 14.6. The van der Waals surface area contributed by atoms with Gasteiger partial charge in [0.2, 0.25) is 10.0 Å². The molecule has 7 heteroatoms. The van der Waals surface area contributed by atoms with Crippen molar-refractivity contribution in [2.45, 2.75) is 37.1 Å². The van der Waals surface area contributed by atoms with Crippen LogP contribution in [0.25, 0.3) is 0 Å². The molecule has 1 N–H and O–H groups in total. The van der Waals surface area contributed by atoms with Gasteiger partial charge in [-0.05, 0) is 25.8 Å². The summed E-state index contributed by atoms with van der Waals surface area (Å²) in [5.74, 6) is 0.509. The molecule has 19 heavy (non-hydrogen) atoms. The molecule has 0 aromatic carbocycles. The van der Waals surface area contributed by atoms with E-state index in [9.17, 15) is 8.42 Å². The van der Waals surface area contributed by atoms with E-state index in [2.05, 4.69) is 10.3 Å².